The number of aliphatic hydroxyl groups is 1. The smallest absolute Gasteiger partial charge is 0.123 e. The molecule has 0 aliphatic rings. The molecule has 0 bridgehead atoms. The van der Waals surface area contributed by atoms with E-state index >= 15 is 0 Å². The maximum atomic E-state index is 13.2. The van der Waals surface area contributed by atoms with Crippen molar-refractivity contribution in [3.8, 4) is 0 Å². The van der Waals surface area contributed by atoms with E-state index < -0.39 is 0 Å². The fraction of sp³-hybridized carbons (Fsp3) is 0.357. The second-order valence-electron chi connectivity index (χ2n) is 4.34. The largest absolute Gasteiger partial charge is 0.396 e. The summed E-state index contributed by atoms with van der Waals surface area (Å²) in [5, 5.41) is 13.6. The number of halogens is 1. The average Bonchev–Trinajstić information content (AvgIpc) is 2.83. The molecule has 1 atom stereocenters. The Labute approximate surface area is 106 Å². The second kappa shape index (κ2) is 5.78. The Morgan fingerprint density at radius 2 is 2.28 bits per heavy atom. The van der Waals surface area contributed by atoms with E-state index in [0.29, 0.717) is 6.42 Å². The Morgan fingerprint density at radius 3 is 2.89 bits per heavy atom. The molecule has 0 saturated heterocycles. The van der Waals surface area contributed by atoms with Crippen molar-refractivity contribution in [2.75, 3.05) is 6.61 Å². The number of aliphatic hydroxyl groups excluding tert-OH is 1. The molecule has 1 unspecified atom stereocenters. The third-order valence-corrected chi connectivity index (χ3v) is 3.03. The van der Waals surface area contributed by atoms with Crippen LogP contribution in [-0.4, -0.2) is 21.5 Å². The Balaban J connectivity index is 2.14. The van der Waals surface area contributed by atoms with Crippen LogP contribution in [0, 0.1) is 5.82 Å². The summed E-state index contributed by atoms with van der Waals surface area (Å²) in [7, 11) is 0. The van der Waals surface area contributed by atoms with E-state index in [2.05, 4.69) is 5.10 Å². The molecule has 1 aromatic heterocycles. The predicted octanol–water partition coefficient (Wildman–Crippen LogP) is 2.36. The first-order valence-electron chi connectivity index (χ1n) is 6.10. The molecular weight excluding hydrogens is 231 g/mol. The van der Waals surface area contributed by atoms with Crippen molar-refractivity contribution in [2.45, 2.75) is 25.8 Å². The van der Waals surface area contributed by atoms with Crippen molar-refractivity contribution >= 4 is 0 Å². The van der Waals surface area contributed by atoms with Gasteiger partial charge in [0.05, 0.1) is 12.8 Å². The van der Waals surface area contributed by atoms with Gasteiger partial charge in [-0.25, -0.2) is 4.39 Å². The van der Waals surface area contributed by atoms with Gasteiger partial charge in [-0.15, -0.1) is 0 Å². The summed E-state index contributed by atoms with van der Waals surface area (Å²) in [6, 6.07) is 6.40. The van der Waals surface area contributed by atoms with Crippen LogP contribution in [-0.2, 0) is 13.0 Å². The first-order chi connectivity index (χ1) is 8.72. The predicted molar refractivity (Wildman–Crippen MR) is 67.8 cm³/mol. The fourth-order valence-corrected chi connectivity index (χ4v) is 2.02. The van der Waals surface area contributed by atoms with Crippen LogP contribution in [0.4, 0.5) is 4.39 Å². The number of rotatable bonds is 5. The molecule has 1 aromatic carbocycles. The standard InChI is InChI=1S/C14H17FN2O/c1-2-17-9-11(8-16-17)6-13(10-18)12-4-3-5-14(15)7-12/h3-5,7-9,13,18H,2,6,10H2,1H3. The number of aryl methyl sites for hydroxylation is 1. The van der Waals surface area contributed by atoms with Gasteiger partial charge >= 0.3 is 0 Å². The van der Waals surface area contributed by atoms with Crippen molar-refractivity contribution in [3.05, 3.63) is 53.6 Å². The van der Waals surface area contributed by atoms with Gasteiger partial charge in [0, 0.05) is 18.7 Å². The molecule has 0 spiro atoms. The van der Waals surface area contributed by atoms with Crippen LogP contribution in [0.1, 0.15) is 24.0 Å². The van der Waals surface area contributed by atoms with Gasteiger partial charge in [-0.3, -0.25) is 4.68 Å². The van der Waals surface area contributed by atoms with Crippen LogP contribution in [0.25, 0.3) is 0 Å². The molecule has 0 aliphatic heterocycles. The lowest BCUT2D eigenvalue weighted by atomic mass is 9.94. The number of hydrogen-bond donors (Lipinski definition) is 1. The second-order valence-corrected chi connectivity index (χ2v) is 4.34. The lowest BCUT2D eigenvalue weighted by molar-refractivity contribution is 0.264. The lowest BCUT2D eigenvalue weighted by Gasteiger charge is -2.13. The molecule has 1 N–H and O–H groups in total. The van der Waals surface area contributed by atoms with E-state index in [1.807, 2.05) is 23.9 Å². The first kappa shape index (κ1) is 12.8. The molecule has 2 rings (SSSR count). The summed E-state index contributed by atoms with van der Waals surface area (Å²) in [5.41, 5.74) is 1.88. The van der Waals surface area contributed by atoms with E-state index in [9.17, 15) is 9.50 Å². The van der Waals surface area contributed by atoms with Crippen LogP contribution in [0.5, 0.6) is 0 Å². The maximum Gasteiger partial charge on any atom is 0.123 e. The summed E-state index contributed by atoms with van der Waals surface area (Å²) in [4.78, 5) is 0. The van der Waals surface area contributed by atoms with E-state index in [1.54, 1.807) is 12.3 Å². The van der Waals surface area contributed by atoms with Crippen LogP contribution in [0.2, 0.25) is 0 Å². The molecular formula is C14H17FN2O. The summed E-state index contributed by atoms with van der Waals surface area (Å²) in [5.74, 6) is -0.356. The van der Waals surface area contributed by atoms with Gasteiger partial charge in [-0.1, -0.05) is 12.1 Å². The molecule has 96 valence electrons. The molecule has 0 aliphatic carbocycles. The summed E-state index contributed by atoms with van der Waals surface area (Å²) < 4.78 is 15.0. The first-order valence-corrected chi connectivity index (χ1v) is 6.10. The number of hydrogen-bond acceptors (Lipinski definition) is 2. The van der Waals surface area contributed by atoms with Gasteiger partial charge in [0.1, 0.15) is 5.82 Å². The highest BCUT2D eigenvalue weighted by Crippen LogP contribution is 2.21. The Morgan fingerprint density at radius 1 is 1.44 bits per heavy atom. The number of aromatic nitrogens is 2. The highest BCUT2D eigenvalue weighted by Gasteiger charge is 2.13. The van der Waals surface area contributed by atoms with Crippen LogP contribution in [0.3, 0.4) is 0 Å². The zero-order chi connectivity index (χ0) is 13.0. The van der Waals surface area contributed by atoms with E-state index in [1.165, 1.54) is 12.1 Å². The number of nitrogens with zero attached hydrogens (tertiary/aromatic N) is 2. The Hall–Kier alpha value is -1.68. The van der Waals surface area contributed by atoms with Crippen LogP contribution < -0.4 is 0 Å². The van der Waals surface area contributed by atoms with Crippen molar-refractivity contribution in [1.29, 1.82) is 0 Å². The third-order valence-electron chi connectivity index (χ3n) is 3.03. The summed E-state index contributed by atoms with van der Waals surface area (Å²) in [6.45, 7) is 2.84. The Kier molecular flexibility index (Phi) is 4.10. The normalized spacial score (nSPS) is 12.6. The molecule has 0 fully saturated rings. The lowest BCUT2D eigenvalue weighted by Crippen LogP contribution is -2.07. The van der Waals surface area contributed by atoms with E-state index in [4.69, 9.17) is 0 Å². The minimum absolute atomic E-state index is 0.000752. The molecule has 18 heavy (non-hydrogen) atoms. The highest BCUT2D eigenvalue weighted by atomic mass is 19.1. The van der Waals surface area contributed by atoms with Crippen LogP contribution in [0.15, 0.2) is 36.7 Å². The van der Waals surface area contributed by atoms with Gasteiger partial charge in [0.25, 0.3) is 0 Å². The zero-order valence-corrected chi connectivity index (χ0v) is 10.4. The van der Waals surface area contributed by atoms with Crippen molar-refractivity contribution in [2.24, 2.45) is 0 Å². The van der Waals surface area contributed by atoms with Gasteiger partial charge in [-0.2, -0.15) is 5.10 Å². The SMILES string of the molecule is CCn1cc(CC(CO)c2cccc(F)c2)cn1. The molecule has 0 amide bonds. The molecule has 0 saturated carbocycles. The topological polar surface area (TPSA) is 38.0 Å². The number of benzene rings is 1. The minimum Gasteiger partial charge on any atom is -0.396 e. The van der Waals surface area contributed by atoms with Gasteiger partial charge in [0.2, 0.25) is 0 Å². The van der Waals surface area contributed by atoms with Gasteiger partial charge in [0.15, 0.2) is 0 Å². The van der Waals surface area contributed by atoms with Gasteiger partial charge < -0.3 is 5.11 Å². The quantitative estimate of drug-likeness (QED) is 0.882. The minimum atomic E-state index is -0.268. The van der Waals surface area contributed by atoms with Crippen LogP contribution >= 0.6 is 0 Å². The Bertz CT molecular complexity index is 510. The highest BCUT2D eigenvalue weighted by molar-refractivity contribution is 5.23. The monoisotopic (exact) mass is 248 g/mol. The summed E-state index contributed by atoms with van der Waals surface area (Å²) in [6.07, 6.45) is 4.42. The third kappa shape index (κ3) is 2.96. The molecule has 3 nitrogen and oxygen atoms in total. The molecule has 0 radical (unpaired) electrons. The van der Waals surface area contributed by atoms with E-state index in [0.717, 1.165) is 17.7 Å². The fourth-order valence-electron chi connectivity index (χ4n) is 2.02. The average molecular weight is 248 g/mol. The van der Waals surface area contributed by atoms with E-state index in [-0.39, 0.29) is 18.3 Å². The van der Waals surface area contributed by atoms with Crippen molar-refractivity contribution in [1.82, 2.24) is 9.78 Å². The molecule has 1 heterocycles. The van der Waals surface area contributed by atoms with Crippen molar-refractivity contribution in [3.63, 3.8) is 0 Å². The molecule has 2 aromatic rings. The zero-order valence-electron chi connectivity index (χ0n) is 10.4. The van der Waals surface area contributed by atoms with Gasteiger partial charge in [-0.05, 0) is 36.6 Å². The van der Waals surface area contributed by atoms with Crippen molar-refractivity contribution < 1.29 is 9.50 Å². The molecule has 4 heteroatoms. The maximum absolute atomic E-state index is 13.2. The summed E-state index contributed by atoms with van der Waals surface area (Å²) >= 11 is 0.